The largest absolute Gasteiger partial charge is 0.457 e. The van der Waals surface area contributed by atoms with E-state index in [9.17, 15) is 4.79 Å². The van der Waals surface area contributed by atoms with Crippen molar-refractivity contribution in [1.29, 1.82) is 0 Å². The van der Waals surface area contributed by atoms with Crippen molar-refractivity contribution in [1.82, 2.24) is 9.78 Å². The predicted octanol–water partition coefficient (Wildman–Crippen LogP) is 7.32. The van der Waals surface area contributed by atoms with E-state index < -0.39 is 0 Å². The fraction of sp³-hybridized carbons (Fsp3) is 0.308. The quantitative estimate of drug-likeness (QED) is 0.296. The molecule has 2 aromatic heterocycles. The molecule has 0 saturated carbocycles. The Morgan fingerprint density at radius 3 is 2.41 bits per heavy atom. The summed E-state index contributed by atoms with van der Waals surface area (Å²) >= 11 is 7.54. The number of carbonyl (C=O) groups is 1. The summed E-state index contributed by atoms with van der Waals surface area (Å²) < 4.78 is 7.56. The Morgan fingerprint density at radius 1 is 1.09 bits per heavy atom. The minimum Gasteiger partial charge on any atom is -0.457 e. The molecule has 0 N–H and O–H groups in total. The molecular weight excluding hydrogens is 440 g/mol. The maximum Gasteiger partial charge on any atom is 0.348 e. The van der Waals surface area contributed by atoms with Gasteiger partial charge in [0, 0.05) is 10.4 Å². The van der Waals surface area contributed by atoms with Crippen LogP contribution in [0.3, 0.4) is 0 Å². The molecule has 6 heteroatoms. The van der Waals surface area contributed by atoms with Gasteiger partial charge in [-0.15, -0.1) is 11.3 Å². The van der Waals surface area contributed by atoms with Gasteiger partial charge >= 0.3 is 5.97 Å². The summed E-state index contributed by atoms with van der Waals surface area (Å²) in [7, 11) is 0. The van der Waals surface area contributed by atoms with E-state index in [-0.39, 0.29) is 18.0 Å². The van der Waals surface area contributed by atoms with E-state index in [4.69, 9.17) is 16.3 Å². The Labute approximate surface area is 197 Å². The molecule has 0 aliphatic heterocycles. The highest BCUT2D eigenvalue weighted by Gasteiger charge is 2.20. The van der Waals surface area contributed by atoms with E-state index >= 15 is 0 Å². The number of aromatic nitrogens is 2. The molecular formula is C26H27ClN2O2S. The van der Waals surface area contributed by atoms with Gasteiger partial charge in [0.05, 0.1) is 11.4 Å². The molecule has 0 amide bonds. The number of carbonyl (C=O) groups excluding carboxylic acids is 1. The average molecular weight is 467 g/mol. The summed E-state index contributed by atoms with van der Waals surface area (Å²) in [5, 5.41) is 6.21. The summed E-state index contributed by atoms with van der Waals surface area (Å²) in [6, 6.07) is 13.8. The fourth-order valence-corrected chi connectivity index (χ4v) is 5.05. The predicted molar refractivity (Wildman–Crippen MR) is 132 cm³/mol. The Balaban J connectivity index is 1.59. The van der Waals surface area contributed by atoms with Crippen molar-refractivity contribution in [2.75, 3.05) is 0 Å². The molecule has 4 aromatic rings. The van der Waals surface area contributed by atoms with Crippen LogP contribution in [0.4, 0.5) is 0 Å². The minimum atomic E-state index is -0.318. The normalized spacial score (nSPS) is 11.8. The van der Waals surface area contributed by atoms with Crippen molar-refractivity contribution < 1.29 is 9.53 Å². The number of fused-ring (bicyclic) bond motifs is 1. The van der Waals surface area contributed by atoms with Gasteiger partial charge in [-0.2, -0.15) is 5.10 Å². The van der Waals surface area contributed by atoms with Gasteiger partial charge in [-0.3, -0.25) is 0 Å². The highest BCUT2D eigenvalue weighted by Crippen LogP contribution is 2.32. The zero-order chi connectivity index (χ0) is 23.2. The Hall–Kier alpha value is -2.63. The third-order valence-corrected chi connectivity index (χ3v) is 7.03. The summed E-state index contributed by atoms with van der Waals surface area (Å²) in [6.07, 6.45) is 0. The molecule has 0 bridgehead atoms. The van der Waals surface area contributed by atoms with Gasteiger partial charge in [0.15, 0.2) is 0 Å². The number of aryl methyl sites for hydroxylation is 3. The number of hydrogen-bond donors (Lipinski definition) is 0. The average Bonchev–Trinajstić information content (AvgIpc) is 3.27. The van der Waals surface area contributed by atoms with Gasteiger partial charge in [-0.05, 0) is 72.7 Å². The lowest BCUT2D eigenvalue weighted by atomic mass is 9.84. The fourth-order valence-electron chi connectivity index (χ4n) is 3.79. The van der Waals surface area contributed by atoms with Crippen LogP contribution in [-0.2, 0) is 16.8 Å². The van der Waals surface area contributed by atoms with Crippen molar-refractivity contribution in [3.63, 3.8) is 0 Å². The molecule has 4 nitrogen and oxygen atoms in total. The number of benzene rings is 2. The first-order chi connectivity index (χ1) is 15.0. The molecule has 166 valence electrons. The highest BCUT2D eigenvalue weighted by molar-refractivity contribution is 7.20. The minimum absolute atomic E-state index is 0.0799. The smallest absolute Gasteiger partial charge is 0.348 e. The lowest BCUT2D eigenvalue weighted by Crippen LogP contribution is -2.13. The lowest BCUT2D eigenvalue weighted by molar-refractivity contribution is 0.0477. The number of esters is 1. The number of hydrogen-bond acceptors (Lipinski definition) is 4. The number of thiophene rings is 1. The van der Waals surface area contributed by atoms with E-state index in [1.54, 1.807) is 0 Å². The number of nitrogens with zero attached hydrogens (tertiary/aromatic N) is 2. The first-order valence-corrected chi connectivity index (χ1v) is 11.8. The van der Waals surface area contributed by atoms with Crippen LogP contribution >= 0.6 is 22.9 Å². The molecule has 0 atom stereocenters. The van der Waals surface area contributed by atoms with E-state index in [1.165, 1.54) is 16.9 Å². The Bertz CT molecular complexity index is 1300. The molecule has 0 saturated heterocycles. The molecule has 0 spiro atoms. The second kappa shape index (κ2) is 8.38. The Kier molecular flexibility index (Phi) is 5.91. The lowest BCUT2D eigenvalue weighted by Gasteiger charge is -2.22. The van der Waals surface area contributed by atoms with Crippen LogP contribution in [0, 0.1) is 20.8 Å². The maximum atomic E-state index is 12.9. The van der Waals surface area contributed by atoms with E-state index in [0.717, 1.165) is 38.3 Å². The van der Waals surface area contributed by atoms with Crippen LogP contribution in [-0.4, -0.2) is 15.7 Å². The monoisotopic (exact) mass is 466 g/mol. The summed E-state index contributed by atoms with van der Waals surface area (Å²) in [5.41, 5.74) is 6.44. The van der Waals surface area contributed by atoms with Crippen molar-refractivity contribution in [2.45, 2.75) is 53.6 Å². The molecule has 4 rings (SSSR count). The van der Waals surface area contributed by atoms with Crippen LogP contribution in [0.2, 0.25) is 5.02 Å². The van der Waals surface area contributed by atoms with Gasteiger partial charge in [0.1, 0.15) is 16.3 Å². The second-order valence-corrected chi connectivity index (χ2v) is 10.7. The van der Waals surface area contributed by atoms with Gasteiger partial charge in [-0.1, -0.05) is 50.6 Å². The first-order valence-electron chi connectivity index (χ1n) is 10.6. The van der Waals surface area contributed by atoms with Gasteiger partial charge in [0.2, 0.25) is 0 Å². The van der Waals surface area contributed by atoms with Crippen molar-refractivity contribution >= 4 is 39.1 Å². The number of rotatable bonds is 4. The van der Waals surface area contributed by atoms with Crippen molar-refractivity contribution in [3.8, 4) is 5.69 Å². The molecule has 2 aromatic carbocycles. The second-order valence-electron chi connectivity index (χ2n) is 9.22. The molecule has 0 aliphatic carbocycles. The maximum absolute atomic E-state index is 12.9. The molecule has 32 heavy (non-hydrogen) atoms. The van der Waals surface area contributed by atoms with Crippen molar-refractivity contribution in [3.05, 3.63) is 80.3 Å². The molecule has 0 radical (unpaired) electrons. The van der Waals surface area contributed by atoms with E-state index in [2.05, 4.69) is 51.9 Å². The van der Waals surface area contributed by atoms with E-state index in [0.29, 0.717) is 9.90 Å². The van der Waals surface area contributed by atoms with Crippen LogP contribution < -0.4 is 0 Å². The summed E-state index contributed by atoms with van der Waals surface area (Å²) in [6.45, 7) is 13.0. The zero-order valence-electron chi connectivity index (χ0n) is 19.2. The van der Waals surface area contributed by atoms with Crippen LogP contribution in [0.1, 0.15) is 58.4 Å². The molecule has 2 heterocycles. The Morgan fingerprint density at radius 2 is 1.78 bits per heavy atom. The summed E-state index contributed by atoms with van der Waals surface area (Å²) in [5.74, 6) is -0.318. The van der Waals surface area contributed by atoms with Gasteiger partial charge < -0.3 is 4.74 Å². The summed E-state index contributed by atoms with van der Waals surface area (Å²) in [4.78, 5) is 14.4. The van der Waals surface area contributed by atoms with Crippen LogP contribution in [0.5, 0.6) is 0 Å². The third kappa shape index (κ3) is 4.32. The van der Waals surface area contributed by atoms with Crippen LogP contribution in [0.25, 0.3) is 15.9 Å². The highest BCUT2D eigenvalue weighted by atomic mass is 35.5. The van der Waals surface area contributed by atoms with Gasteiger partial charge in [0.25, 0.3) is 0 Å². The topological polar surface area (TPSA) is 44.1 Å². The molecule has 0 unspecified atom stereocenters. The van der Waals surface area contributed by atoms with E-state index in [1.807, 2.05) is 41.9 Å². The zero-order valence-corrected chi connectivity index (χ0v) is 20.8. The number of ether oxygens (including phenoxy) is 1. The van der Waals surface area contributed by atoms with Crippen LogP contribution in [0.15, 0.2) is 42.5 Å². The standard InChI is InChI=1S/C26H27ClN2O2S/c1-15-10-18(26(4,5)6)11-16(2)22(15)14-31-25(30)23-13-21-17(3)28-29(24(21)32-23)20-9-7-8-19(27)12-20/h7-13H,14H2,1-6H3. The first kappa shape index (κ1) is 22.6. The van der Waals surface area contributed by atoms with Gasteiger partial charge in [-0.25, -0.2) is 9.48 Å². The molecule has 0 aliphatic rings. The third-order valence-electron chi connectivity index (χ3n) is 5.71. The number of halogens is 1. The van der Waals surface area contributed by atoms with Crippen molar-refractivity contribution in [2.24, 2.45) is 0 Å². The SMILES string of the molecule is Cc1cc(C(C)(C)C)cc(C)c1COC(=O)c1cc2c(C)nn(-c3cccc(Cl)c3)c2s1. The molecule has 0 fully saturated rings.